The van der Waals surface area contributed by atoms with Gasteiger partial charge in [0.05, 0.1) is 17.3 Å². The Balaban J connectivity index is 1.85. The summed E-state index contributed by atoms with van der Waals surface area (Å²) in [6.45, 7) is 1.99. The predicted octanol–water partition coefficient (Wildman–Crippen LogP) is 3.27. The van der Waals surface area contributed by atoms with Crippen LogP contribution in [0.4, 0.5) is 15.8 Å². The lowest BCUT2D eigenvalue weighted by Gasteiger charge is -2.19. The van der Waals surface area contributed by atoms with Gasteiger partial charge in [0.25, 0.3) is 0 Å². The molecule has 1 fully saturated rings. The van der Waals surface area contributed by atoms with Crippen LogP contribution in [0.3, 0.4) is 0 Å². The highest BCUT2D eigenvalue weighted by atomic mass is 19.1. The number of carbonyl (C=O) groups excluding carboxylic acids is 2. The maximum atomic E-state index is 13.9. The zero-order valence-electron chi connectivity index (χ0n) is 13.7. The van der Waals surface area contributed by atoms with Crippen molar-refractivity contribution in [2.24, 2.45) is 0 Å². The molecular weight excluding hydrogens is 321 g/mol. The van der Waals surface area contributed by atoms with Crippen LogP contribution in [-0.2, 0) is 16.1 Å². The van der Waals surface area contributed by atoms with Crippen LogP contribution in [0.25, 0.3) is 0 Å². The topological polar surface area (TPSA) is 73.2 Å². The number of carbonyl (C=O) groups is 2. The largest absolute Gasteiger partial charge is 0.381 e. The molecule has 1 aliphatic rings. The van der Waals surface area contributed by atoms with E-state index >= 15 is 0 Å². The molecule has 0 aromatic heterocycles. The van der Waals surface area contributed by atoms with Crippen LogP contribution in [0.15, 0.2) is 36.4 Å². The van der Waals surface area contributed by atoms with Gasteiger partial charge in [-0.1, -0.05) is 6.07 Å². The van der Waals surface area contributed by atoms with Crippen LogP contribution < -0.4 is 10.2 Å². The molecule has 6 heteroatoms. The molecule has 0 unspecified atom stereocenters. The summed E-state index contributed by atoms with van der Waals surface area (Å²) in [5.74, 6) is -0.818. The van der Waals surface area contributed by atoms with Crippen LogP contribution >= 0.6 is 0 Å². The van der Waals surface area contributed by atoms with Gasteiger partial charge in [-0.2, -0.15) is 5.26 Å². The van der Waals surface area contributed by atoms with E-state index in [1.165, 1.54) is 23.1 Å². The SMILES string of the molecule is Cc1c(NCc2cc(C#N)ccc2F)cccc1N1C(=O)CCC1=O. The lowest BCUT2D eigenvalue weighted by molar-refractivity contribution is -0.121. The molecule has 0 aliphatic carbocycles. The van der Waals surface area contributed by atoms with Gasteiger partial charge in [0.1, 0.15) is 5.82 Å². The number of nitrogens with zero attached hydrogens (tertiary/aromatic N) is 2. The standard InChI is InChI=1S/C19H16FN3O2/c1-12-16(22-11-14-9-13(10-21)5-6-15(14)20)3-2-4-17(12)23-18(24)7-8-19(23)25/h2-6,9,22H,7-8,11H2,1H3. The molecule has 25 heavy (non-hydrogen) atoms. The number of benzene rings is 2. The molecule has 1 heterocycles. The Kier molecular flexibility index (Phi) is 4.48. The molecule has 5 nitrogen and oxygen atoms in total. The van der Waals surface area contributed by atoms with E-state index in [1.807, 2.05) is 6.07 Å². The fourth-order valence-corrected chi connectivity index (χ4v) is 2.87. The summed E-state index contributed by atoms with van der Waals surface area (Å²) >= 11 is 0. The van der Waals surface area contributed by atoms with Crippen molar-refractivity contribution >= 4 is 23.2 Å². The van der Waals surface area contributed by atoms with Gasteiger partial charge in [-0.15, -0.1) is 0 Å². The van der Waals surface area contributed by atoms with Crippen molar-refractivity contribution < 1.29 is 14.0 Å². The summed E-state index contributed by atoms with van der Waals surface area (Å²) in [4.78, 5) is 25.1. The smallest absolute Gasteiger partial charge is 0.234 e. The van der Waals surface area contributed by atoms with Gasteiger partial charge in [0.2, 0.25) is 11.8 Å². The normalized spacial score (nSPS) is 13.9. The number of halogens is 1. The molecule has 126 valence electrons. The molecule has 1 N–H and O–H groups in total. The zero-order valence-corrected chi connectivity index (χ0v) is 13.7. The monoisotopic (exact) mass is 337 g/mol. The Morgan fingerprint density at radius 3 is 2.60 bits per heavy atom. The first kappa shape index (κ1) is 16.7. The molecule has 0 spiro atoms. The summed E-state index contributed by atoms with van der Waals surface area (Å²) in [6.07, 6.45) is 0.449. The Bertz CT molecular complexity index is 886. The summed E-state index contributed by atoms with van der Waals surface area (Å²) in [7, 11) is 0. The Labute approximate surface area is 144 Å². The summed E-state index contributed by atoms with van der Waals surface area (Å²) < 4.78 is 13.9. The average Bonchev–Trinajstić information content (AvgIpc) is 2.94. The molecule has 1 saturated heterocycles. The van der Waals surface area contributed by atoms with Gasteiger partial charge >= 0.3 is 0 Å². The minimum Gasteiger partial charge on any atom is -0.381 e. The zero-order chi connectivity index (χ0) is 18.0. The third kappa shape index (κ3) is 3.22. The lowest BCUT2D eigenvalue weighted by Crippen LogP contribution is -2.29. The van der Waals surface area contributed by atoms with E-state index in [0.29, 0.717) is 22.5 Å². The molecule has 3 rings (SSSR count). The number of anilines is 2. The molecule has 1 aliphatic heterocycles. The lowest BCUT2D eigenvalue weighted by atomic mass is 10.1. The Hall–Kier alpha value is -3.20. The molecule has 0 atom stereocenters. The van der Waals surface area contributed by atoms with Crippen LogP contribution in [0.5, 0.6) is 0 Å². The van der Waals surface area contributed by atoms with Crippen LogP contribution in [-0.4, -0.2) is 11.8 Å². The molecule has 2 aromatic rings. The molecule has 0 bridgehead atoms. The first-order chi connectivity index (χ1) is 12.0. The summed E-state index contributed by atoms with van der Waals surface area (Å²) in [5.41, 5.74) is 2.74. The van der Waals surface area contributed by atoms with E-state index in [4.69, 9.17) is 5.26 Å². The van der Waals surface area contributed by atoms with Crippen molar-refractivity contribution in [1.82, 2.24) is 0 Å². The number of nitriles is 1. The Morgan fingerprint density at radius 1 is 1.20 bits per heavy atom. The first-order valence-corrected chi connectivity index (χ1v) is 7.89. The second-order valence-electron chi connectivity index (χ2n) is 5.84. The van der Waals surface area contributed by atoms with E-state index in [0.717, 1.165) is 5.56 Å². The van der Waals surface area contributed by atoms with Crippen molar-refractivity contribution in [1.29, 1.82) is 5.26 Å². The van der Waals surface area contributed by atoms with E-state index in [2.05, 4.69) is 5.32 Å². The number of hydrogen-bond donors (Lipinski definition) is 1. The second-order valence-corrected chi connectivity index (χ2v) is 5.84. The highest BCUT2D eigenvalue weighted by Crippen LogP contribution is 2.30. The number of imide groups is 1. The minimum absolute atomic E-state index is 0.188. The van der Waals surface area contributed by atoms with E-state index in [1.54, 1.807) is 25.1 Å². The third-order valence-corrected chi connectivity index (χ3v) is 4.24. The van der Waals surface area contributed by atoms with Crippen LogP contribution in [0, 0.1) is 24.1 Å². The number of hydrogen-bond acceptors (Lipinski definition) is 4. The predicted molar refractivity (Wildman–Crippen MR) is 91.3 cm³/mol. The molecular formula is C19H16FN3O2. The quantitative estimate of drug-likeness (QED) is 0.869. The van der Waals surface area contributed by atoms with Gasteiger partial charge < -0.3 is 5.32 Å². The van der Waals surface area contributed by atoms with Gasteiger partial charge in [-0.3, -0.25) is 14.5 Å². The van der Waals surface area contributed by atoms with Gasteiger partial charge in [0, 0.05) is 30.6 Å². The third-order valence-electron chi connectivity index (χ3n) is 4.24. The van der Waals surface area contributed by atoms with Crippen molar-refractivity contribution in [2.75, 3.05) is 10.2 Å². The van der Waals surface area contributed by atoms with E-state index in [-0.39, 0.29) is 31.2 Å². The number of amides is 2. The summed E-state index contributed by atoms with van der Waals surface area (Å²) in [5, 5.41) is 12.0. The maximum absolute atomic E-state index is 13.9. The molecule has 2 aromatic carbocycles. The average molecular weight is 337 g/mol. The van der Waals surface area contributed by atoms with Gasteiger partial charge in [-0.05, 0) is 42.8 Å². The molecule has 0 radical (unpaired) electrons. The van der Waals surface area contributed by atoms with Gasteiger partial charge in [0.15, 0.2) is 0 Å². The molecule has 0 saturated carbocycles. The highest BCUT2D eigenvalue weighted by Gasteiger charge is 2.31. The molecule has 2 amide bonds. The first-order valence-electron chi connectivity index (χ1n) is 7.89. The number of rotatable bonds is 4. The Morgan fingerprint density at radius 2 is 1.92 bits per heavy atom. The fraction of sp³-hybridized carbons (Fsp3) is 0.211. The summed E-state index contributed by atoms with van der Waals surface area (Å²) in [6, 6.07) is 11.4. The van der Waals surface area contributed by atoms with Crippen LogP contribution in [0.2, 0.25) is 0 Å². The fourth-order valence-electron chi connectivity index (χ4n) is 2.87. The minimum atomic E-state index is -0.398. The van der Waals surface area contributed by atoms with E-state index < -0.39 is 5.82 Å². The second kappa shape index (κ2) is 6.73. The number of nitrogens with one attached hydrogen (secondary N) is 1. The van der Waals surface area contributed by atoms with Crippen molar-refractivity contribution in [3.05, 3.63) is 58.9 Å². The van der Waals surface area contributed by atoms with E-state index in [9.17, 15) is 14.0 Å². The van der Waals surface area contributed by atoms with Gasteiger partial charge in [-0.25, -0.2) is 4.39 Å². The van der Waals surface area contributed by atoms with Crippen LogP contribution in [0.1, 0.15) is 29.5 Å². The van der Waals surface area contributed by atoms with Crippen molar-refractivity contribution in [2.45, 2.75) is 26.3 Å². The van der Waals surface area contributed by atoms with Crippen molar-refractivity contribution in [3.8, 4) is 6.07 Å². The maximum Gasteiger partial charge on any atom is 0.234 e. The highest BCUT2D eigenvalue weighted by molar-refractivity contribution is 6.20. The van der Waals surface area contributed by atoms with Crippen molar-refractivity contribution in [3.63, 3.8) is 0 Å².